The van der Waals surface area contributed by atoms with E-state index in [1.807, 2.05) is 37.4 Å². The van der Waals surface area contributed by atoms with Gasteiger partial charge in [0.2, 0.25) is 5.91 Å². The number of hydrogen-bond donors (Lipinski definition) is 1. The molecular formula is C19H23N3O2. The van der Waals surface area contributed by atoms with Crippen molar-refractivity contribution in [1.29, 1.82) is 0 Å². The maximum absolute atomic E-state index is 12.2. The lowest BCUT2D eigenvalue weighted by Crippen LogP contribution is -2.31. The SMILES string of the molecule is CN(Cc1ccccc1)c1ncccc1CNC(=O)[C@@H]1CCOC1. The first-order valence-corrected chi connectivity index (χ1v) is 8.28. The third-order valence-electron chi connectivity index (χ3n) is 4.25. The molecule has 0 aliphatic carbocycles. The number of nitrogens with zero attached hydrogens (tertiary/aromatic N) is 2. The van der Waals surface area contributed by atoms with Crippen LogP contribution in [-0.4, -0.2) is 31.2 Å². The van der Waals surface area contributed by atoms with Gasteiger partial charge < -0.3 is 15.0 Å². The van der Waals surface area contributed by atoms with Gasteiger partial charge in [-0.15, -0.1) is 0 Å². The van der Waals surface area contributed by atoms with Gasteiger partial charge in [0, 0.05) is 38.5 Å². The molecule has 1 N–H and O–H groups in total. The summed E-state index contributed by atoms with van der Waals surface area (Å²) in [5.74, 6) is 0.935. The van der Waals surface area contributed by atoms with E-state index in [2.05, 4.69) is 27.3 Å². The molecule has 1 amide bonds. The van der Waals surface area contributed by atoms with Gasteiger partial charge in [0.1, 0.15) is 5.82 Å². The zero-order chi connectivity index (χ0) is 16.8. The number of hydrogen-bond acceptors (Lipinski definition) is 4. The first-order chi connectivity index (χ1) is 11.7. The zero-order valence-electron chi connectivity index (χ0n) is 13.9. The van der Waals surface area contributed by atoms with E-state index >= 15 is 0 Å². The number of amides is 1. The average Bonchev–Trinajstić information content (AvgIpc) is 3.15. The van der Waals surface area contributed by atoms with Crippen LogP contribution in [0.2, 0.25) is 0 Å². The maximum Gasteiger partial charge on any atom is 0.225 e. The Kier molecular flexibility index (Phi) is 5.43. The first-order valence-electron chi connectivity index (χ1n) is 8.28. The smallest absolute Gasteiger partial charge is 0.225 e. The Balaban J connectivity index is 1.64. The van der Waals surface area contributed by atoms with E-state index < -0.39 is 0 Å². The number of aromatic nitrogens is 1. The lowest BCUT2D eigenvalue weighted by Gasteiger charge is -2.21. The number of carbonyl (C=O) groups excluding carboxylic acids is 1. The van der Waals surface area contributed by atoms with Crippen molar-refractivity contribution in [3.8, 4) is 0 Å². The number of benzene rings is 1. The predicted octanol–water partition coefficient (Wildman–Crippen LogP) is 2.37. The van der Waals surface area contributed by atoms with Crippen LogP contribution in [-0.2, 0) is 22.6 Å². The van der Waals surface area contributed by atoms with Crippen molar-refractivity contribution in [2.24, 2.45) is 5.92 Å². The summed E-state index contributed by atoms with van der Waals surface area (Å²) in [7, 11) is 2.02. The van der Waals surface area contributed by atoms with Gasteiger partial charge in [-0.25, -0.2) is 4.98 Å². The van der Waals surface area contributed by atoms with E-state index in [0.29, 0.717) is 19.8 Å². The highest BCUT2D eigenvalue weighted by Gasteiger charge is 2.23. The maximum atomic E-state index is 12.2. The molecule has 1 saturated heterocycles. The predicted molar refractivity (Wildman–Crippen MR) is 93.6 cm³/mol. The molecule has 24 heavy (non-hydrogen) atoms. The second-order valence-corrected chi connectivity index (χ2v) is 6.11. The monoisotopic (exact) mass is 325 g/mol. The fraction of sp³-hybridized carbons (Fsp3) is 0.368. The third kappa shape index (κ3) is 4.11. The van der Waals surface area contributed by atoms with Crippen LogP contribution in [0.1, 0.15) is 17.5 Å². The van der Waals surface area contributed by atoms with Gasteiger partial charge in [-0.1, -0.05) is 36.4 Å². The van der Waals surface area contributed by atoms with E-state index in [9.17, 15) is 4.79 Å². The molecule has 1 aromatic heterocycles. The summed E-state index contributed by atoms with van der Waals surface area (Å²) in [6.07, 6.45) is 2.59. The normalized spacial score (nSPS) is 16.8. The molecule has 0 saturated carbocycles. The Morgan fingerprint density at radius 3 is 2.88 bits per heavy atom. The molecule has 0 spiro atoms. The van der Waals surface area contributed by atoms with E-state index in [1.54, 1.807) is 6.20 Å². The zero-order valence-corrected chi connectivity index (χ0v) is 13.9. The van der Waals surface area contributed by atoms with Crippen LogP contribution in [0.5, 0.6) is 0 Å². The van der Waals surface area contributed by atoms with Crippen molar-refractivity contribution >= 4 is 11.7 Å². The molecule has 1 aliphatic rings. The first kappa shape index (κ1) is 16.5. The minimum atomic E-state index is -0.0211. The van der Waals surface area contributed by atoms with Gasteiger partial charge >= 0.3 is 0 Å². The minimum absolute atomic E-state index is 0.0211. The Hall–Kier alpha value is -2.40. The van der Waals surface area contributed by atoms with Gasteiger partial charge in [0.25, 0.3) is 0 Å². The van der Waals surface area contributed by atoms with Gasteiger partial charge in [-0.2, -0.15) is 0 Å². The molecule has 0 bridgehead atoms. The highest BCUT2D eigenvalue weighted by Crippen LogP contribution is 2.19. The number of anilines is 1. The summed E-state index contributed by atoms with van der Waals surface area (Å²) in [5, 5.41) is 3.01. The number of nitrogens with one attached hydrogen (secondary N) is 1. The van der Waals surface area contributed by atoms with Crippen LogP contribution in [0.3, 0.4) is 0 Å². The molecule has 2 heterocycles. The van der Waals surface area contributed by atoms with Crippen molar-refractivity contribution in [2.45, 2.75) is 19.5 Å². The van der Waals surface area contributed by atoms with Crippen molar-refractivity contribution in [1.82, 2.24) is 10.3 Å². The summed E-state index contributed by atoms with van der Waals surface area (Å²) in [5.41, 5.74) is 2.24. The second-order valence-electron chi connectivity index (χ2n) is 6.11. The van der Waals surface area contributed by atoms with Crippen molar-refractivity contribution in [2.75, 3.05) is 25.2 Å². The summed E-state index contributed by atoms with van der Waals surface area (Å²) in [6.45, 7) is 2.46. The molecule has 126 valence electrons. The van der Waals surface area contributed by atoms with E-state index in [4.69, 9.17) is 4.74 Å². The van der Waals surface area contributed by atoms with Gasteiger partial charge in [0.05, 0.1) is 12.5 Å². The van der Waals surface area contributed by atoms with Crippen molar-refractivity contribution in [3.05, 3.63) is 59.8 Å². The van der Waals surface area contributed by atoms with E-state index in [0.717, 1.165) is 24.3 Å². The number of rotatable bonds is 6. The molecule has 5 nitrogen and oxygen atoms in total. The molecule has 0 radical (unpaired) electrons. The molecule has 1 fully saturated rings. The van der Waals surface area contributed by atoms with E-state index in [1.165, 1.54) is 5.56 Å². The van der Waals surface area contributed by atoms with Crippen LogP contribution >= 0.6 is 0 Å². The Labute approximate surface area is 142 Å². The topological polar surface area (TPSA) is 54.5 Å². The Morgan fingerprint density at radius 2 is 2.12 bits per heavy atom. The van der Waals surface area contributed by atoms with Crippen LogP contribution in [0.4, 0.5) is 5.82 Å². The lowest BCUT2D eigenvalue weighted by molar-refractivity contribution is -0.125. The molecule has 0 unspecified atom stereocenters. The lowest BCUT2D eigenvalue weighted by atomic mass is 10.1. The van der Waals surface area contributed by atoms with Crippen LogP contribution < -0.4 is 10.2 Å². The summed E-state index contributed by atoms with van der Waals surface area (Å²) < 4.78 is 5.28. The third-order valence-corrected chi connectivity index (χ3v) is 4.25. The number of ether oxygens (including phenoxy) is 1. The Morgan fingerprint density at radius 1 is 1.29 bits per heavy atom. The molecular weight excluding hydrogens is 302 g/mol. The van der Waals surface area contributed by atoms with Gasteiger partial charge in [0.15, 0.2) is 0 Å². The quantitative estimate of drug-likeness (QED) is 0.886. The van der Waals surface area contributed by atoms with Gasteiger partial charge in [-0.3, -0.25) is 4.79 Å². The molecule has 1 atom stereocenters. The van der Waals surface area contributed by atoms with Gasteiger partial charge in [-0.05, 0) is 18.1 Å². The largest absolute Gasteiger partial charge is 0.381 e. The second kappa shape index (κ2) is 7.93. The minimum Gasteiger partial charge on any atom is -0.381 e. The number of carbonyl (C=O) groups is 1. The molecule has 1 aromatic carbocycles. The summed E-state index contributed by atoms with van der Waals surface area (Å²) in [4.78, 5) is 18.8. The van der Waals surface area contributed by atoms with Crippen molar-refractivity contribution in [3.63, 3.8) is 0 Å². The fourth-order valence-corrected chi connectivity index (χ4v) is 2.91. The van der Waals surface area contributed by atoms with Crippen LogP contribution in [0.25, 0.3) is 0 Å². The van der Waals surface area contributed by atoms with Crippen LogP contribution in [0.15, 0.2) is 48.7 Å². The summed E-state index contributed by atoms with van der Waals surface area (Å²) in [6, 6.07) is 14.2. The average molecular weight is 325 g/mol. The molecule has 1 aliphatic heterocycles. The molecule has 5 heteroatoms. The molecule has 3 rings (SSSR count). The highest BCUT2D eigenvalue weighted by atomic mass is 16.5. The number of pyridine rings is 1. The van der Waals surface area contributed by atoms with Crippen molar-refractivity contribution < 1.29 is 9.53 Å². The van der Waals surface area contributed by atoms with E-state index in [-0.39, 0.29) is 11.8 Å². The standard InChI is InChI=1S/C19H23N3O2/c1-22(13-15-6-3-2-4-7-15)18-16(8-5-10-20-18)12-21-19(23)17-9-11-24-14-17/h2-8,10,17H,9,11-14H2,1H3,(H,21,23)/t17-/m1/s1. The highest BCUT2D eigenvalue weighted by molar-refractivity contribution is 5.79. The summed E-state index contributed by atoms with van der Waals surface area (Å²) >= 11 is 0. The molecule has 2 aromatic rings. The van der Waals surface area contributed by atoms with Crippen LogP contribution in [0, 0.1) is 5.92 Å². The Bertz CT molecular complexity index is 669. The fourth-order valence-electron chi connectivity index (χ4n) is 2.91.